The highest BCUT2D eigenvalue weighted by molar-refractivity contribution is 7.80. The molecule has 0 aromatic carbocycles. The van der Waals surface area contributed by atoms with Crippen molar-refractivity contribution >= 4 is 36.3 Å². The first-order valence-corrected chi connectivity index (χ1v) is 7.08. The van der Waals surface area contributed by atoms with Crippen molar-refractivity contribution in [3.8, 4) is 0 Å². The van der Waals surface area contributed by atoms with Gasteiger partial charge in [0, 0.05) is 5.75 Å². The number of carbonyl (C=O) groups is 4. The molecule has 0 bridgehead atoms. The largest absolute Gasteiger partial charge is 0.480 e. The number of nitrogens with one attached hydrogen (secondary N) is 3. The van der Waals surface area contributed by atoms with Crippen LogP contribution in [0.3, 0.4) is 0 Å². The van der Waals surface area contributed by atoms with E-state index in [1.165, 1.54) is 0 Å². The normalized spacial score (nSPS) is 14.3. The standard InChI is InChI=1S/C11H20N4O7S/c12-5(4-23)9(19)15-6(2-16)10(20)13-1-8(18)14-7(3-17)11(21)22/h5-7,16-17,23H,1-4,12H2,(H,13,20)(H,14,18)(H,15,19)(H,21,22). The van der Waals surface area contributed by atoms with Gasteiger partial charge in [0.15, 0.2) is 0 Å². The Balaban J connectivity index is 4.41. The first-order valence-electron chi connectivity index (χ1n) is 6.45. The number of aliphatic hydroxyl groups is 2. The Morgan fingerprint density at radius 3 is 2.00 bits per heavy atom. The summed E-state index contributed by atoms with van der Waals surface area (Å²) in [5.74, 6) is -3.84. The molecule has 0 saturated carbocycles. The Hall–Kier alpha value is -1.89. The molecule has 8 N–H and O–H groups in total. The van der Waals surface area contributed by atoms with E-state index in [0.717, 1.165) is 0 Å². The maximum atomic E-state index is 11.7. The lowest BCUT2D eigenvalue weighted by Crippen LogP contribution is -2.55. The zero-order valence-corrected chi connectivity index (χ0v) is 13.0. The molecule has 12 heteroatoms. The quantitative estimate of drug-likeness (QED) is 0.180. The number of carbonyl (C=O) groups excluding carboxylic acids is 3. The fourth-order valence-electron chi connectivity index (χ4n) is 1.28. The molecule has 0 heterocycles. The summed E-state index contributed by atoms with van der Waals surface area (Å²) in [5.41, 5.74) is 5.40. The number of hydrogen-bond acceptors (Lipinski definition) is 8. The van der Waals surface area contributed by atoms with Crippen molar-refractivity contribution in [1.82, 2.24) is 16.0 Å². The Morgan fingerprint density at radius 2 is 1.57 bits per heavy atom. The van der Waals surface area contributed by atoms with Crippen LogP contribution in [0.1, 0.15) is 0 Å². The van der Waals surface area contributed by atoms with Gasteiger partial charge in [0.1, 0.15) is 12.1 Å². The summed E-state index contributed by atoms with van der Waals surface area (Å²) < 4.78 is 0. The number of carboxylic acids is 1. The fraction of sp³-hybridized carbons (Fsp3) is 0.636. The second-order valence-corrected chi connectivity index (χ2v) is 4.76. The molecule has 0 aromatic heterocycles. The third kappa shape index (κ3) is 7.78. The van der Waals surface area contributed by atoms with Gasteiger partial charge in [-0.3, -0.25) is 14.4 Å². The molecular formula is C11H20N4O7S. The van der Waals surface area contributed by atoms with Crippen LogP contribution < -0.4 is 21.7 Å². The molecule has 0 aliphatic heterocycles. The summed E-state index contributed by atoms with van der Waals surface area (Å²) in [5, 5.41) is 32.7. The highest BCUT2D eigenvalue weighted by Crippen LogP contribution is 1.89. The molecule has 0 saturated heterocycles. The van der Waals surface area contributed by atoms with E-state index in [9.17, 15) is 19.2 Å². The molecule has 0 aliphatic rings. The van der Waals surface area contributed by atoms with Gasteiger partial charge in [-0.15, -0.1) is 0 Å². The zero-order chi connectivity index (χ0) is 18.0. The number of carboxylic acid groups (broad SMARTS) is 1. The fourth-order valence-corrected chi connectivity index (χ4v) is 1.44. The van der Waals surface area contributed by atoms with Gasteiger partial charge < -0.3 is 37.0 Å². The van der Waals surface area contributed by atoms with Crippen LogP contribution in [-0.2, 0) is 19.2 Å². The average Bonchev–Trinajstić information content (AvgIpc) is 2.53. The first-order chi connectivity index (χ1) is 10.8. The van der Waals surface area contributed by atoms with Crippen LogP contribution in [0, 0.1) is 0 Å². The molecule has 11 nitrogen and oxygen atoms in total. The highest BCUT2D eigenvalue weighted by atomic mass is 32.1. The minimum Gasteiger partial charge on any atom is -0.480 e. The van der Waals surface area contributed by atoms with E-state index < -0.39 is 61.6 Å². The molecule has 132 valence electrons. The van der Waals surface area contributed by atoms with Crippen molar-refractivity contribution in [3.63, 3.8) is 0 Å². The number of aliphatic carboxylic acids is 1. The number of amides is 3. The SMILES string of the molecule is NC(CS)C(=O)NC(CO)C(=O)NCC(=O)NC(CO)C(=O)O. The van der Waals surface area contributed by atoms with E-state index in [1.807, 2.05) is 5.32 Å². The number of thiol groups is 1. The first kappa shape index (κ1) is 21.1. The summed E-state index contributed by atoms with van der Waals surface area (Å²) in [7, 11) is 0. The molecule has 23 heavy (non-hydrogen) atoms. The van der Waals surface area contributed by atoms with Crippen LogP contribution >= 0.6 is 12.6 Å². The summed E-state index contributed by atoms with van der Waals surface area (Å²) in [6, 6.07) is -3.79. The molecule has 0 rings (SSSR count). The Bertz CT molecular complexity index is 448. The Morgan fingerprint density at radius 1 is 1.00 bits per heavy atom. The molecule has 0 radical (unpaired) electrons. The molecule has 0 spiro atoms. The number of rotatable bonds is 10. The lowest BCUT2D eigenvalue weighted by atomic mass is 10.2. The maximum absolute atomic E-state index is 11.7. The van der Waals surface area contributed by atoms with E-state index in [1.54, 1.807) is 0 Å². The van der Waals surface area contributed by atoms with E-state index in [-0.39, 0.29) is 5.75 Å². The lowest BCUT2D eigenvalue weighted by Gasteiger charge is -2.18. The van der Waals surface area contributed by atoms with Gasteiger partial charge in [0.05, 0.1) is 25.8 Å². The minimum atomic E-state index is -1.50. The number of hydrogen-bond donors (Lipinski definition) is 8. The second-order valence-electron chi connectivity index (χ2n) is 4.39. The van der Waals surface area contributed by atoms with Crippen LogP contribution in [0.4, 0.5) is 0 Å². The van der Waals surface area contributed by atoms with E-state index >= 15 is 0 Å². The van der Waals surface area contributed by atoms with E-state index in [4.69, 9.17) is 21.1 Å². The van der Waals surface area contributed by atoms with Crippen molar-refractivity contribution in [2.45, 2.75) is 18.1 Å². The van der Waals surface area contributed by atoms with Crippen LogP contribution in [0.25, 0.3) is 0 Å². The maximum Gasteiger partial charge on any atom is 0.328 e. The minimum absolute atomic E-state index is 0.0335. The molecule has 0 fully saturated rings. The van der Waals surface area contributed by atoms with Crippen LogP contribution in [0.5, 0.6) is 0 Å². The smallest absolute Gasteiger partial charge is 0.328 e. The average molecular weight is 352 g/mol. The predicted octanol–water partition coefficient (Wildman–Crippen LogP) is -4.60. The molecule has 3 atom stereocenters. The van der Waals surface area contributed by atoms with Crippen molar-refractivity contribution in [3.05, 3.63) is 0 Å². The van der Waals surface area contributed by atoms with Gasteiger partial charge in [0.2, 0.25) is 17.7 Å². The van der Waals surface area contributed by atoms with Gasteiger partial charge in [-0.1, -0.05) is 0 Å². The highest BCUT2D eigenvalue weighted by Gasteiger charge is 2.24. The van der Waals surface area contributed by atoms with Crippen molar-refractivity contribution in [1.29, 1.82) is 0 Å². The predicted molar refractivity (Wildman–Crippen MR) is 80.5 cm³/mol. The summed E-state index contributed by atoms with van der Waals surface area (Å²) in [6.45, 7) is -2.15. The van der Waals surface area contributed by atoms with E-state index in [2.05, 4.69) is 23.3 Å². The summed E-state index contributed by atoms with van der Waals surface area (Å²) >= 11 is 3.81. The third-order valence-corrected chi connectivity index (χ3v) is 2.98. The van der Waals surface area contributed by atoms with Gasteiger partial charge in [0.25, 0.3) is 0 Å². The van der Waals surface area contributed by atoms with Gasteiger partial charge in [-0.05, 0) is 0 Å². The monoisotopic (exact) mass is 352 g/mol. The van der Waals surface area contributed by atoms with E-state index in [0.29, 0.717) is 0 Å². The molecule has 0 aromatic rings. The second kappa shape index (κ2) is 10.8. The Labute approximate surface area is 137 Å². The van der Waals surface area contributed by atoms with Gasteiger partial charge in [-0.25, -0.2) is 4.79 Å². The van der Waals surface area contributed by atoms with Crippen molar-refractivity contribution < 1.29 is 34.5 Å². The van der Waals surface area contributed by atoms with Crippen molar-refractivity contribution in [2.75, 3.05) is 25.5 Å². The summed E-state index contributed by atoms with van der Waals surface area (Å²) in [6.07, 6.45) is 0. The van der Waals surface area contributed by atoms with Crippen LogP contribution in [0.2, 0.25) is 0 Å². The molecule has 3 amide bonds. The number of aliphatic hydroxyl groups excluding tert-OH is 2. The Kier molecular flexibility index (Phi) is 9.89. The van der Waals surface area contributed by atoms with Gasteiger partial charge in [-0.2, -0.15) is 12.6 Å². The van der Waals surface area contributed by atoms with Crippen molar-refractivity contribution in [2.24, 2.45) is 5.73 Å². The summed E-state index contributed by atoms with van der Waals surface area (Å²) in [4.78, 5) is 45.3. The topological polar surface area (TPSA) is 191 Å². The lowest BCUT2D eigenvalue weighted by molar-refractivity contribution is -0.142. The van der Waals surface area contributed by atoms with Crippen LogP contribution in [-0.4, -0.2) is 82.6 Å². The zero-order valence-electron chi connectivity index (χ0n) is 12.1. The van der Waals surface area contributed by atoms with Crippen LogP contribution in [0.15, 0.2) is 0 Å². The third-order valence-electron chi connectivity index (χ3n) is 2.59. The molecule has 3 unspecified atom stereocenters. The molecular weight excluding hydrogens is 332 g/mol. The van der Waals surface area contributed by atoms with Gasteiger partial charge >= 0.3 is 5.97 Å². The molecule has 0 aliphatic carbocycles. The number of nitrogens with two attached hydrogens (primary N) is 1.